The van der Waals surface area contributed by atoms with Gasteiger partial charge in [-0.05, 0) is 42.3 Å². The molecule has 6 heteroatoms. The molecule has 1 unspecified atom stereocenters. The van der Waals surface area contributed by atoms with Gasteiger partial charge in [0.2, 0.25) is 0 Å². The summed E-state index contributed by atoms with van der Waals surface area (Å²) in [7, 11) is 0. The minimum absolute atomic E-state index is 0.0156. The van der Waals surface area contributed by atoms with Crippen LogP contribution in [0.5, 0.6) is 0 Å². The standard InChI is InChI=1S/C15H11ClF4O/c1-8-7-9(15(18,19)20)5-6-10(8)14(21)13-11(16)3-2-4-12(13)17/h2-7,14,21H,1H3. The molecule has 0 heterocycles. The highest BCUT2D eigenvalue weighted by Crippen LogP contribution is 2.35. The lowest BCUT2D eigenvalue weighted by molar-refractivity contribution is -0.137. The Balaban J connectivity index is 2.47. The first-order valence-electron chi connectivity index (χ1n) is 6.01. The minimum Gasteiger partial charge on any atom is -0.383 e. The van der Waals surface area contributed by atoms with Crippen LogP contribution in [0.3, 0.4) is 0 Å². The zero-order chi connectivity index (χ0) is 15.8. The maximum Gasteiger partial charge on any atom is 0.416 e. The minimum atomic E-state index is -4.47. The Morgan fingerprint density at radius 3 is 2.33 bits per heavy atom. The Hall–Kier alpha value is -1.59. The van der Waals surface area contributed by atoms with E-state index in [0.717, 1.165) is 24.3 Å². The Bertz CT molecular complexity index is 647. The lowest BCUT2D eigenvalue weighted by Gasteiger charge is -2.17. The topological polar surface area (TPSA) is 20.2 Å². The summed E-state index contributed by atoms with van der Waals surface area (Å²) < 4.78 is 51.6. The van der Waals surface area contributed by atoms with Gasteiger partial charge in [0.15, 0.2) is 0 Å². The fraction of sp³-hybridized carbons (Fsp3) is 0.200. The van der Waals surface area contributed by atoms with Gasteiger partial charge in [-0.3, -0.25) is 0 Å². The van der Waals surface area contributed by atoms with Gasteiger partial charge >= 0.3 is 6.18 Å². The third-order valence-corrected chi connectivity index (χ3v) is 3.49. The molecular weight excluding hydrogens is 308 g/mol. The fourth-order valence-corrected chi connectivity index (χ4v) is 2.35. The first kappa shape index (κ1) is 15.8. The van der Waals surface area contributed by atoms with E-state index in [1.54, 1.807) is 0 Å². The molecule has 0 saturated heterocycles. The molecule has 0 fully saturated rings. The molecular formula is C15H11ClF4O. The smallest absolute Gasteiger partial charge is 0.383 e. The molecule has 2 rings (SSSR count). The van der Waals surface area contributed by atoms with Crippen LogP contribution in [0.4, 0.5) is 17.6 Å². The molecule has 0 bridgehead atoms. The van der Waals surface area contributed by atoms with Gasteiger partial charge in [-0.15, -0.1) is 0 Å². The molecule has 0 saturated carbocycles. The molecule has 0 aliphatic carbocycles. The summed E-state index contributed by atoms with van der Waals surface area (Å²) in [6.45, 7) is 1.42. The summed E-state index contributed by atoms with van der Waals surface area (Å²) in [5, 5.41) is 10.2. The van der Waals surface area contributed by atoms with Crippen LogP contribution in [-0.2, 0) is 6.18 Å². The van der Waals surface area contributed by atoms with Crippen molar-refractivity contribution < 1.29 is 22.7 Å². The number of benzene rings is 2. The molecule has 21 heavy (non-hydrogen) atoms. The molecule has 1 nitrogen and oxygen atoms in total. The van der Waals surface area contributed by atoms with E-state index in [2.05, 4.69) is 0 Å². The molecule has 0 spiro atoms. The van der Waals surface area contributed by atoms with Crippen molar-refractivity contribution in [2.24, 2.45) is 0 Å². The zero-order valence-electron chi connectivity index (χ0n) is 10.9. The van der Waals surface area contributed by atoms with Crippen LogP contribution in [-0.4, -0.2) is 5.11 Å². The maximum absolute atomic E-state index is 13.8. The summed E-state index contributed by atoms with van der Waals surface area (Å²) >= 11 is 5.85. The second kappa shape index (κ2) is 5.66. The van der Waals surface area contributed by atoms with Crippen molar-refractivity contribution >= 4 is 11.6 Å². The fourth-order valence-electron chi connectivity index (χ4n) is 2.09. The summed E-state index contributed by atoms with van der Waals surface area (Å²) in [4.78, 5) is 0. The zero-order valence-corrected chi connectivity index (χ0v) is 11.6. The van der Waals surface area contributed by atoms with E-state index in [0.29, 0.717) is 0 Å². The van der Waals surface area contributed by atoms with Crippen molar-refractivity contribution in [1.82, 2.24) is 0 Å². The van der Waals surface area contributed by atoms with E-state index in [-0.39, 0.29) is 21.7 Å². The van der Waals surface area contributed by atoms with E-state index in [9.17, 15) is 22.7 Å². The number of rotatable bonds is 2. The molecule has 0 aliphatic heterocycles. The number of aliphatic hydroxyl groups is 1. The van der Waals surface area contributed by atoms with Crippen molar-refractivity contribution in [2.45, 2.75) is 19.2 Å². The number of alkyl halides is 3. The van der Waals surface area contributed by atoms with E-state index >= 15 is 0 Å². The van der Waals surface area contributed by atoms with E-state index in [1.807, 2.05) is 0 Å². The second-order valence-electron chi connectivity index (χ2n) is 4.61. The third kappa shape index (κ3) is 3.19. The van der Waals surface area contributed by atoms with Crippen molar-refractivity contribution in [3.63, 3.8) is 0 Å². The lowest BCUT2D eigenvalue weighted by Crippen LogP contribution is -2.09. The van der Waals surface area contributed by atoms with Crippen molar-refractivity contribution in [3.8, 4) is 0 Å². The van der Waals surface area contributed by atoms with Gasteiger partial charge in [0.25, 0.3) is 0 Å². The largest absolute Gasteiger partial charge is 0.416 e. The van der Waals surface area contributed by atoms with Crippen molar-refractivity contribution in [3.05, 3.63) is 69.5 Å². The van der Waals surface area contributed by atoms with Gasteiger partial charge in [0.05, 0.1) is 5.56 Å². The highest BCUT2D eigenvalue weighted by Gasteiger charge is 2.31. The van der Waals surface area contributed by atoms with Gasteiger partial charge in [-0.25, -0.2) is 4.39 Å². The van der Waals surface area contributed by atoms with Crippen LogP contribution in [0.25, 0.3) is 0 Å². The maximum atomic E-state index is 13.8. The quantitative estimate of drug-likeness (QED) is 0.782. The summed E-state index contributed by atoms with van der Waals surface area (Å²) in [5.41, 5.74) is -0.593. The van der Waals surface area contributed by atoms with E-state index in [4.69, 9.17) is 11.6 Å². The number of halogens is 5. The predicted octanol–water partition coefficient (Wildman–Crippen LogP) is 4.89. The normalized spacial score (nSPS) is 13.3. The van der Waals surface area contributed by atoms with E-state index in [1.165, 1.54) is 19.1 Å². The number of aliphatic hydroxyl groups excluding tert-OH is 1. The molecule has 2 aromatic carbocycles. The summed E-state index contributed by atoms with van der Waals surface area (Å²) in [6, 6.07) is 6.80. The molecule has 0 radical (unpaired) electrons. The van der Waals surface area contributed by atoms with Gasteiger partial charge in [0.1, 0.15) is 11.9 Å². The highest BCUT2D eigenvalue weighted by atomic mass is 35.5. The SMILES string of the molecule is Cc1cc(C(F)(F)F)ccc1C(O)c1c(F)cccc1Cl. The van der Waals surface area contributed by atoms with Crippen LogP contribution in [0.2, 0.25) is 5.02 Å². The Kier molecular flexibility index (Phi) is 4.25. The molecule has 2 aromatic rings. The summed E-state index contributed by atoms with van der Waals surface area (Å²) in [6.07, 6.45) is -5.90. The Morgan fingerprint density at radius 1 is 1.14 bits per heavy atom. The van der Waals surface area contributed by atoms with Crippen LogP contribution in [0, 0.1) is 12.7 Å². The summed E-state index contributed by atoms with van der Waals surface area (Å²) in [5.74, 6) is -0.714. The average Bonchev–Trinajstić information content (AvgIpc) is 2.37. The molecule has 1 N–H and O–H groups in total. The molecule has 1 atom stereocenters. The van der Waals surface area contributed by atoms with Gasteiger partial charge in [-0.2, -0.15) is 13.2 Å². The number of hydrogen-bond donors (Lipinski definition) is 1. The van der Waals surface area contributed by atoms with Gasteiger partial charge in [0, 0.05) is 10.6 Å². The number of aryl methyl sites for hydroxylation is 1. The second-order valence-corrected chi connectivity index (χ2v) is 5.01. The van der Waals surface area contributed by atoms with Crippen LogP contribution in [0.15, 0.2) is 36.4 Å². The molecule has 0 amide bonds. The highest BCUT2D eigenvalue weighted by molar-refractivity contribution is 6.31. The molecule has 0 aromatic heterocycles. The molecule has 112 valence electrons. The monoisotopic (exact) mass is 318 g/mol. The first-order valence-corrected chi connectivity index (χ1v) is 6.39. The van der Waals surface area contributed by atoms with Crippen LogP contribution in [0.1, 0.15) is 28.4 Å². The average molecular weight is 319 g/mol. The van der Waals surface area contributed by atoms with Gasteiger partial charge < -0.3 is 5.11 Å². The Morgan fingerprint density at radius 2 is 1.81 bits per heavy atom. The van der Waals surface area contributed by atoms with Gasteiger partial charge in [-0.1, -0.05) is 23.7 Å². The first-order chi connectivity index (χ1) is 9.71. The molecule has 0 aliphatic rings. The van der Waals surface area contributed by atoms with Crippen molar-refractivity contribution in [1.29, 1.82) is 0 Å². The Labute approximate surface area is 123 Å². The lowest BCUT2D eigenvalue weighted by atomic mass is 9.95. The number of hydrogen-bond acceptors (Lipinski definition) is 1. The van der Waals surface area contributed by atoms with E-state index < -0.39 is 23.7 Å². The third-order valence-electron chi connectivity index (χ3n) is 3.16. The van der Waals surface area contributed by atoms with Crippen LogP contribution < -0.4 is 0 Å². The van der Waals surface area contributed by atoms with Crippen LogP contribution >= 0.6 is 11.6 Å². The van der Waals surface area contributed by atoms with Crippen molar-refractivity contribution in [2.75, 3.05) is 0 Å². The predicted molar refractivity (Wildman–Crippen MR) is 71.7 cm³/mol.